The van der Waals surface area contributed by atoms with Crippen molar-refractivity contribution in [3.8, 4) is 10.6 Å². The Balaban J connectivity index is 1.58. The van der Waals surface area contributed by atoms with Crippen molar-refractivity contribution in [1.29, 1.82) is 0 Å². The van der Waals surface area contributed by atoms with Crippen LogP contribution in [0.3, 0.4) is 0 Å². The van der Waals surface area contributed by atoms with Gasteiger partial charge in [-0.25, -0.2) is 9.97 Å². The first-order valence-corrected chi connectivity index (χ1v) is 9.54. The predicted octanol–water partition coefficient (Wildman–Crippen LogP) is 4.60. The quantitative estimate of drug-likeness (QED) is 0.795. The molecule has 6 heteroatoms. The number of hydrogen-bond acceptors (Lipinski definition) is 4. The molecule has 0 bridgehead atoms. The summed E-state index contributed by atoms with van der Waals surface area (Å²) >= 11 is 7.11. The van der Waals surface area contributed by atoms with Crippen molar-refractivity contribution >= 4 is 34.6 Å². The molecule has 0 amide bonds. The molecular formula is C17H22N4S2. The summed E-state index contributed by atoms with van der Waals surface area (Å²) in [4.78, 5) is 9.95. The van der Waals surface area contributed by atoms with Crippen LogP contribution in [-0.2, 0) is 0 Å². The molecule has 23 heavy (non-hydrogen) atoms. The highest BCUT2D eigenvalue weighted by atomic mass is 32.1. The number of aromatic nitrogens is 2. The van der Waals surface area contributed by atoms with E-state index in [1.807, 2.05) is 17.5 Å². The van der Waals surface area contributed by atoms with Crippen LogP contribution in [-0.4, -0.2) is 21.1 Å². The van der Waals surface area contributed by atoms with Crippen LogP contribution >= 0.6 is 23.6 Å². The van der Waals surface area contributed by atoms with Gasteiger partial charge in [-0.3, -0.25) is 0 Å². The highest BCUT2D eigenvalue weighted by Crippen LogP contribution is 2.23. The average molecular weight is 347 g/mol. The van der Waals surface area contributed by atoms with E-state index < -0.39 is 0 Å². The first-order valence-electron chi connectivity index (χ1n) is 8.26. The zero-order chi connectivity index (χ0) is 15.9. The molecule has 0 aliphatic heterocycles. The van der Waals surface area contributed by atoms with Crippen LogP contribution in [0.2, 0.25) is 0 Å². The molecule has 0 saturated heterocycles. The van der Waals surface area contributed by atoms with Crippen molar-refractivity contribution in [2.24, 2.45) is 0 Å². The van der Waals surface area contributed by atoms with Gasteiger partial charge in [0, 0.05) is 12.2 Å². The number of hydrogen-bond donors (Lipinski definition) is 2. The Labute approximate surface area is 146 Å². The molecule has 3 rings (SSSR count). The summed E-state index contributed by atoms with van der Waals surface area (Å²) in [7, 11) is 0. The normalized spacial score (nSPS) is 16.3. The van der Waals surface area contributed by atoms with Gasteiger partial charge in [-0.05, 0) is 42.6 Å². The van der Waals surface area contributed by atoms with Crippen LogP contribution in [0.1, 0.15) is 44.9 Å². The van der Waals surface area contributed by atoms with E-state index in [2.05, 4.69) is 26.7 Å². The second-order valence-corrected chi connectivity index (χ2v) is 7.24. The summed E-state index contributed by atoms with van der Waals surface area (Å²) in [6, 6.07) is 6.47. The van der Waals surface area contributed by atoms with Gasteiger partial charge in [0.1, 0.15) is 0 Å². The second kappa shape index (κ2) is 8.36. The van der Waals surface area contributed by atoms with E-state index in [-0.39, 0.29) is 0 Å². The van der Waals surface area contributed by atoms with Crippen LogP contribution in [0.4, 0.5) is 5.95 Å². The topological polar surface area (TPSA) is 49.8 Å². The summed E-state index contributed by atoms with van der Waals surface area (Å²) in [6.07, 6.45) is 10.8. The summed E-state index contributed by atoms with van der Waals surface area (Å²) in [6.45, 7) is 0. The molecule has 4 nitrogen and oxygen atoms in total. The molecular weight excluding hydrogens is 324 g/mol. The van der Waals surface area contributed by atoms with Crippen LogP contribution in [0.25, 0.3) is 10.6 Å². The molecule has 2 heterocycles. The van der Waals surface area contributed by atoms with Gasteiger partial charge in [0.15, 0.2) is 5.11 Å². The smallest absolute Gasteiger partial charge is 0.229 e. The third kappa shape index (κ3) is 4.97. The van der Waals surface area contributed by atoms with Crippen molar-refractivity contribution in [3.63, 3.8) is 0 Å². The molecule has 1 aliphatic rings. The fourth-order valence-corrected chi connectivity index (χ4v) is 3.86. The number of thiophene rings is 1. The number of anilines is 1. The molecule has 0 atom stereocenters. The molecule has 0 aromatic carbocycles. The third-order valence-corrected chi connectivity index (χ3v) is 5.21. The Bertz CT molecular complexity index is 619. The minimum atomic E-state index is 0.468. The standard InChI is InChI=1S/C17H22N4S2/c22-17(19-13-7-4-2-1-3-5-8-13)21-16-18-11-10-14(20-16)15-9-6-12-23-15/h6,9-13H,1-5,7-8H2,(H2,18,19,20,21,22). The predicted molar refractivity (Wildman–Crippen MR) is 101 cm³/mol. The molecule has 1 fully saturated rings. The first-order chi connectivity index (χ1) is 11.3. The van der Waals surface area contributed by atoms with Crippen LogP contribution in [0.15, 0.2) is 29.8 Å². The lowest BCUT2D eigenvalue weighted by Crippen LogP contribution is -2.38. The molecule has 122 valence electrons. The molecule has 0 spiro atoms. The van der Waals surface area contributed by atoms with Crippen LogP contribution < -0.4 is 10.6 Å². The number of thiocarbonyl (C=S) groups is 1. The Morgan fingerprint density at radius 3 is 2.65 bits per heavy atom. The largest absolute Gasteiger partial charge is 0.360 e. The Morgan fingerprint density at radius 1 is 1.13 bits per heavy atom. The molecule has 0 radical (unpaired) electrons. The maximum absolute atomic E-state index is 5.44. The van der Waals surface area contributed by atoms with E-state index in [1.165, 1.54) is 44.9 Å². The summed E-state index contributed by atoms with van der Waals surface area (Å²) in [5.41, 5.74) is 0.922. The fraction of sp³-hybridized carbons (Fsp3) is 0.471. The van der Waals surface area contributed by atoms with Crippen molar-refractivity contribution < 1.29 is 0 Å². The number of nitrogens with one attached hydrogen (secondary N) is 2. The third-order valence-electron chi connectivity index (χ3n) is 4.09. The number of rotatable bonds is 3. The Hall–Kier alpha value is -1.53. The lowest BCUT2D eigenvalue weighted by Gasteiger charge is -2.22. The van der Waals surface area contributed by atoms with Crippen molar-refractivity contribution in [2.45, 2.75) is 51.0 Å². The first kappa shape index (κ1) is 16.3. The van der Waals surface area contributed by atoms with E-state index in [4.69, 9.17) is 12.2 Å². The minimum absolute atomic E-state index is 0.468. The van der Waals surface area contributed by atoms with E-state index in [0.717, 1.165) is 10.6 Å². The monoisotopic (exact) mass is 346 g/mol. The summed E-state index contributed by atoms with van der Waals surface area (Å²) < 4.78 is 0. The molecule has 2 aromatic heterocycles. The molecule has 1 saturated carbocycles. The second-order valence-electron chi connectivity index (χ2n) is 5.88. The molecule has 1 aliphatic carbocycles. The molecule has 2 aromatic rings. The lowest BCUT2D eigenvalue weighted by atomic mass is 9.97. The Morgan fingerprint density at radius 2 is 1.91 bits per heavy atom. The van der Waals surface area contributed by atoms with Crippen LogP contribution in [0, 0.1) is 0 Å². The SMILES string of the molecule is S=C(Nc1nccc(-c2cccs2)n1)NC1CCCCCCC1. The van der Waals surface area contributed by atoms with Crippen molar-refractivity contribution in [1.82, 2.24) is 15.3 Å². The lowest BCUT2D eigenvalue weighted by molar-refractivity contribution is 0.429. The van der Waals surface area contributed by atoms with E-state index >= 15 is 0 Å². The van der Waals surface area contributed by atoms with Crippen LogP contribution in [0.5, 0.6) is 0 Å². The average Bonchev–Trinajstić information content (AvgIpc) is 3.04. The minimum Gasteiger partial charge on any atom is -0.360 e. The molecule has 0 unspecified atom stereocenters. The highest BCUT2D eigenvalue weighted by Gasteiger charge is 2.13. The van der Waals surface area contributed by atoms with Gasteiger partial charge in [-0.15, -0.1) is 11.3 Å². The van der Waals surface area contributed by atoms with E-state index in [1.54, 1.807) is 17.5 Å². The fourth-order valence-electron chi connectivity index (χ4n) is 2.90. The number of nitrogens with zero attached hydrogens (tertiary/aromatic N) is 2. The van der Waals surface area contributed by atoms with Gasteiger partial charge < -0.3 is 10.6 Å². The maximum Gasteiger partial charge on any atom is 0.229 e. The zero-order valence-electron chi connectivity index (χ0n) is 13.1. The highest BCUT2D eigenvalue weighted by molar-refractivity contribution is 7.80. The van der Waals surface area contributed by atoms with Gasteiger partial charge in [-0.1, -0.05) is 38.2 Å². The zero-order valence-corrected chi connectivity index (χ0v) is 14.8. The van der Waals surface area contributed by atoms with Gasteiger partial charge in [0.05, 0.1) is 10.6 Å². The van der Waals surface area contributed by atoms with Crippen molar-refractivity contribution in [3.05, 3.63) is 29.8 Å². The van der Waals surface area contributed by atoms with Gasteiger partial charge in [0.25, 0.3) is 0 Å². The van der Waals surface area contributed by atoms with E-state index in [9.17, 15) is 0 Å². The van der Waals surface area contributed by atoms with Crippen molar-refractivity contribution in [2.75, 3.05) is 5.32 Å². The Kier molecular flexibility index (Phi) is 5.93. The van der Waals surface area contributed by atoms with Gasteiger partial charge in [-0.2, -0.15) is 0 Å². The van der Waals surface area contributed by atoms with E-state index in [0.29, 0.717) is 17.1 Å². The molecule has 2 N–H and O–H groups in total. The maximum atomic E-state index is 5.44. The van der Waals surface area contributed by atoms with Gasteiger partial charge in [0.2, 0.25) is 5.95 Å². The summed E-state index contributed by atoms with van der Waals surface area (Å²) in [5, 5.41) is 9.23. The summed E-state index contributed by atoms with van der Waals surface area (Å²) in [5.74, 6) is 0.555. The van der Waals surface area contributed by atoms with Gasteiger partial charge >= 0.3 is 0 Å².